The molecule has 1 saturated heterocycles. The number of nitrogens with zero attached hydrogens (tertiary/aromatic N) is 1. The minimum absolute atomic E-state index is 0.104. The van der Waals surface area contributed by atoms with Crippen molar-refractivity contribution < 1.29 is 28.7 Å². The van der Waals surface area contributed by atoms with Gasteiger partial charge in [-0.05, 0) is 55.5 Å². The summed E-state index contributed by atoms with van der Waals surface area (Å²) in [5.74, 6) is -0.132. The topological polar surface area (TPSA) is 102 Å². The second kappa shape index (κ2) is 10.8. The van der Waals surface area contributed by atoms with Crippen molar-refractivity contribution in [1.29, 1.82) is 0 Å². The lowest BCUT2D eigenvalue weighted by Crippen LogP contribution is -2.31. The Kier molecular flexibility index (Phi) is 7.88. The number of carbonyl (C=O) groups is 4. The van der Waals surface area contributed by atoms with Gasteiger partial charge in [0.25, 0.3) is 0 Å². The number of nitrogens with one attached hydrogen (secondary N) is 1. The van der Waals surface area contributed by atoms with E-state index in [4.69, 9.17) is 4.74 Å². The molecule has 1 aliphatic rings. The highest BCUT2D eigenvalue weighted by Crippen LogP contribution is 2.31. The smallest absolute Gasteiger partial charge is 0.337 e. The highest BCUT2D eigenvalue weighted by Gasteiger charge is 2.39. The van der Waals surface area contributed by atoms with Gasteiger partial charge in [-0.1, -0.05) is 0 Å². The predicted molar refractivity (Wildman–Crippen MR) is 122 cm³/mol. The van der Waals surface area contributed by atoms with Gasteiger partial charge in [-0.3, -0.25) is 14.4 Å². The first-order valence-electron chi connectivity index (χ1n) is 10.1. The molecule has 3 amide bonds. The van der Waals surface area contributed by atoms with E-state index in [-0.39, 0.29) is 30.6 Å². The number of anilines is 2. The highest BCUT2D eigenvalue weighted by molar-refractivity contribution is 8.00. The van der Waals surface area contributed by atoms with Crippen molar-refractivity contribution in [2.75, 3.05) is 29.7 Å². The number of benzene rings is 2. The van der Waals surface area contributed by atoms with E-state index in [1.165, 1.54) is 23.8 Å². The van der Waals surface area contributed by atoms with Crippen LogP contribution >= 0.6 is 11.8 Å². The van der Waals surface area contributed by atoms with Crippen molar-refractivity contribution >= 4 is 46.8 Å². The van der Waals surface area contributed by atoms with Crippen LogP contribution in [0.15, 0.2) is 48.5 Å². The fraction of sp³-hybridized carbons (Fsp3) is 0.304. The lowest BCUT2D eigenvalue weighted by atomic mass is 10.2. The van der Waals surface area contributed by atoms with E-state index >= 15 is 0 Å². The minimum atomic E-state index is -0.513. The van der Waals surface area contributed by atoms with Crippen LogP contribution in [0.2, 0.25) is 0 Å². The molecule has 2 aromatic carbocycles. The summed E-state index contributed by atoms with van der Waals surface area (Å²) in [6.45, 7) is 2.41. The molecule has 3 rings (SSSR count). The van der Waals surface area contributed by atoms with Crippen molar-refractivity contribution in [2.45, 2.75) is 25.0 Å². The van der Waals surface area contributed by atoms with E-state index < -0.39 is 11.2 Å². The van der Waals surface area contributed by atoms with Crippen LogP contribution in [0.1, 0.15) is 30.1 Å². The van der Waals surface area contributed by atoms with Crippen molar-refractivity contribution in [2.24, 2.45) is 0 Å². The molecule has 0 radical (unpaired) electrons. The maximum Gasteiger partial charge on any atom is 0.337 e. The zero-order valence-electron chi connectivity index (χ0n) is 17.8. The molecule has 1 atom stereocenters. The molecule has 1 aliphatic heterocycles. The average molecular weight is 457 g/mol. The van der Waals surface area contributed by atoms with Crippen molar-refractivity contribution in [3.8, 4) is 5.75 Å². The number of amides is 3. The Morgan fingerprint density at radius 3 is 2.41 bits per heavy atom. The quantitative estimate of drug-likeness (QED) is 0.456. The average Bonchev–Trinajstić information content (AvgIpc) is 3.07. The maximum absolute atomic E-state index is 12.7. The fourth-order valence-corrected chi connectivity index (χ4v) is 4.28. The molecule has 1 heterocycles. The second-order valence-corrected chi connectivity index (χ2v) is 8.24. The van der Waals surface area contributed by atoms with Gasteiger partial charge in [-0.2, -0.15) is 0 Å². The maximum atomic E-state index is 12.7. The number of rotatable bonds is 9. The second-order valence-electron chi connectivity index (χ2n) is 6.92. The summed E-state index contributed by atoms with van der Waals surface area (Å²) in [4.78, 5) is 49.9. The minimum Gasteiger partial charge on any atom is -0.494 e. The van der Waals surface area contributed by atoms with Gasteiger partial charge in [0.05, 0.1) is 30.2 Å². The molecule has 0 spiro atoms. The van der Waals surface area contributed by atoms with E-state index in [1.807, 2.05) is 6.92 Å². The first-order valence-corrected chi connectivity index (χ1v) is 11.2. The van der Waals surface area contributed by atoms with Crippen LogP contribution in [0, 0.1) is 0 Å². The van der Waals surface area contributed by atoms with Crippen LogP contribution in [0.5, 0.6) is 5.75 Å². The van der Waals surface area contributed by atoms with E-state index in [1.54, 1.807) is 48.5 Å². The van der Waals surface area contributed by atoms with Crippen molar-refractivity contribution in [3.63, 3.8) is 0 Å². The Morgan fingerprint density at radius 1 is 1.09 bits per heavy atom. The standard InChI is InChI=1S/C23H24N2O6S/c1-3-31-18-10-8-17(9-11-18)25-21(27)14-19(22(25)28)32-13-12-20(26)24-16-6-4-15(5-7-16)23(29)30-2/h4-11,19H,3,12-14H2,1-2H3,(H,24,26)/t19-/m1/s1. The lowest BCUT2D eigenvalue weighted by Gasteiger charge is -2.15. The summed E-state index contributed by atoms with van der Waals surface area (Å²) < 4.78 is 10.0. The molecule has 0 saturated carbocycles. The number of hydrogen-bond acceptors (Lipinski definition) is 7. The molecule has 168 valence electrons. The third-order valence-corrected chi connectivity index (χ3v) is 5.96. The number of ether oxygens (including phenoxy) is 2. The van der Waals surface area contributed by atoms with Crippen LogP contribution in [-0.2, 0) is 19.1 Å². The van der Waals surface area contributed by atoms with Crippen LogP contribution in [-0.4, -0.2) is 48.4 Å². The first-order chi connectivity index (χ1) is 15.4. The summed E-state index contributed by atoms with van der Waals surface area (Å²) in [5.41, 5.74) is 1.46. The molecule has 32 heavy (non-hydrogen) atoms. The van der Waals surface area contributed by atoms with Crippen molar-refractivity contribution in [1.82, 2.24) is 0 Å². The molecule has 0 unspecified atom stereocenters. The Balaban J connectivity index is 1.48. The molecule has 1 fully saturated rings. The number of hydrogen-bond donors (Lipinski definition) is 1. The van der Waals surface area contributed by atoms with Crippen LogP contribution in [0.3, 0.4) is 0 Å². The molecule has 8 nitrogen and oxygen atoms in total. The largest absolute Gasteiger partial charge is 0.494 e. The molecule has 0 aromatic heterocycles. The molecule has 0 bridgehead atoms. The van der Waals surface area contributed by atoms with Gasteiger partial charge >= 0.3 is 5.97 Å². The summed E-state index contributed by atoms with van der Waals surface area (Å²) in [7, 11) is 1.30. The zero-order chi connectivity index (χ0) is 23.1. The van der Waals surface area contributed by atoms with Gasteiger partial charge in [0.2, 0.25) is 17.7 Å². The van der Waals surface area contributed by atoms with E-state index in [9.17, 15) is 19.2 Å². The van der Waals surface area contributed by atoms with E-state index in [0.717, 1.165) is 0 Å². The normalized spacial score (nSPS) is 15.6. The molecule has 1 N–H and O–H groups in total. The molecule has 0 aliphatic carbocycles. The highest BCUT2D eigenvalue weighted by atomic mass is 32.2. The van der Waals surface area contributed by atoms with Gasteiger partial charge in [-0.25, -0.2) is 9.69 Å². The predicted octanol–water partition coefficient (Wildman–Crippen LogP) is 3.27. The number of esters is 1. The van der Waals surface area contributed by atoms with Gasteiger partial charge in [-0.15, -0.1) is 11.8 Å². The van der Waals surface area contributed by atoms with Crippen LogP contribution in [0.4, 0.5) is 11.4 Å². The van der Waals surface area contributed by atoms with E-state index in [0.29, 0.717) is 35.0 Å². The summed E-state index contributed by atoms with van der Waals surface area (Å²) in [6, 6.07) is 13.2. The van der Waals surface area contributed by atoms with Gasteiger partial charge in [0.1, 0.15) is 5.75 Å². The van der Waals surface area contributed by atoms with Gasteiger partial charge in [0.15, 0.2) is 0 Å². The molecular weight excluding hydrogens is 432 g/mol. The number of thioether (sulfide) groups is 1. The van der Waals surface area contributed by atoms with Gasteiger partial charge < -0.3 is 14.8 Å². The Hall–Kier alpha value is -3.33. The fourth-order valence-electron chi connectivity index (χ4n) is 3.19. The number of imide groups is 1. The molecule has 2 aromatic rings. The molecular formula is C23H24N2O6S. The Bertz CT molecular complexity index is 991. The Labute approximate surface area is 190 Å². The number of methoxy groups -OCH3 is 1. The lowest BCUT2D eigenvalue weighted by molar-refractivity contribution is -0.121. The van der Waals surface area contributed by atoms with Crippen molar-refractivity contribution in [3.05, 3.63) is 54.1 Å². The summed E-state index contributed by atoms with van der Waals surface area (Å²) in [6.07, 6.45) is 0.289. The zero-order valence-corrected chi connectivity index (χ0v) is 18.6. The van der Waals surface area contributed by atoms with Crippen LogP contribution in [0.25, 0.3) is 0 Å². The van der Waals surface area contributed by atoms with E-state index in [2.05, 4.69) is 10.1 Å². The number of carbonyl (C=O) groups excluding carboxylic acids is 4. The Morgan fingerprint density at radius 2 is 1.78 bits per heavy atom. The first kappa shape index (κ1) is 23.3. The molecule has 9 heteroatoms. The summed E-state index contributed by atoms with van der Waals surface area (Å²) >= 11 is 1.30. The van der Waals surface area contributed by atoms with Crippen LogP contribution < -0.4 is 15.0 Å². The SMILES string of the molecule is CCOc1ccc(N2C(=O)C[C@@H](SCCC(=O)Nc3ccc(C(=O)OC)cc3)C2=O)cc1. The summed E-state index contributed by atoms with van der Waals surface area (Å²) in [5, 5.41) is 2.23. The van der Waals surface area contributed by atoms with Gasteiger partial charge in [0, 0.05) is 24.3 Å². The monoisotopic (exact) mass is 456 g/mol. The third kappa shape index (κ3) is 5.67. The third-order valence-electron chi connectivity index (χ3n) is 4.75.